The van der Waals surface area contributed by atoms with E-state index in [1.807, 2.05) is 24.9 Å². The first kappa shape index (κ1) is 41.8. The summed E-state index contributed by atoms with van der Waals surface area (Å²) < 4.78 is 4.89. The Morgan fingerprint density at radius 2 is 1.44 bits per heavy atom. The fraction of sp³-hybridized carbons (Fsp3) is 0.549. The summed E-state index contributed by atoms with van der Waals surface area (Å²) in [5.74, 6) is 2.75. The summed E-state index contributed by atoms with van der Waals surface area (Å²) in [6.07, 6.45) is 17.0. The SMILES string of the molecule is COC(=O)NC(C(=O)N1C(c2ncc(-c3ccc4cc(-c5ccc6nc(C7CCCN7C(=O)C(C7CCCCC7)N7CCCC7)[nH]c6c5)ccc4c3)[nH]2)CC2CCCCC21)C(C)C. The van der Waals surface area contributed by atoms with Gasteiger partial charge in [-0.15, -0.1) is 0 Å². The van der Waals surface area contributed by atoms with E-state index < -0.39 is 12.1 Å². The Bertz CT molecular complexity index is 2460. The molecule has 3 N–H and O–H groups in total. The lowest BCUT2D eigenvalue weighted by molar-refractivity contribution is -0.140. The number of ether oxygens (including phenoxy) is 1. The van der Waals surface area contributed by atoms with Crippen molar-refractivity contribution in [3.05, 3.63) is 72.4 Å². The number of nitrogens with zero attached hydrogens (tertiary/aromatic N) is 5. The highest BCUT2D eigenvalue weighted by Crippen LogP contribution is 2.47. The van der Waals surface area contributed by atoms with Gasteiger partial charge in [-0.1, -0.05) is 76.3 Å². The van der Waals surface area contributed by atoms with Crippen molar-refractivity contribution in [2.75, 3.05) is 26.7 Å². The highest BCUT2D eigenvalue weighted by Gasteiger charge is 2.48. The summed E-state index contributed by atoms with van der Waals surface area (Å²) in [6.45, 7) is 6.81. The van der Waals surface area contributed by atoms with Crippen LogP contribution in [0, 0.1) is 17.8 Å². The van der Waals surface area contributed by atoms with Crippen LogP contribution in [0.25, 0.3) is 44.2 Å². The standard InChI is InChI=1S/C51H64N8O4/c1-31(2)45(56-51(62)63-3)49(60)59-42-15-8-7-14-38(42)29-44(59)47-52-30-41(55-47)37-20-19-33-26-34(17-18-35(33)27-37)36-21-22-39-40(28-36)54-48(53-39)43-16-11-25-58(43)50(61)46(57-23-9-10-24-57)32-12-5-4-6-13-32/h17-22,26-28,30-32,38,42-46H,4-16,23-25,29H2,1-3H3,(H,52,55)(H,53,54)(H,56,62). The second-order valence-electron chi connectivity index (χ2n) is 19.6. The minimum atomic E-state index is -0.678. The van der Waals surface area contributed by atoms with E-state index in [2.05, 4.69) is 79.7 Å². The van der Waals surface area contributed by atoms with E-state index in [0.29, 0.717) is 17.7 Å². The summed E-state index contributed by atoms with van der Waals surface area (Å²) >= 11 is 0. The molecule has 0 bridgehead atoms. The van der Waals surface area contributed by atoms with Crippen LogP contribution in [0.4, 0.5) is 4.79 Å². The average molecular weight is 853 g/mol. The Hall–Kier alpha value is -5.23. The smallest absolute Gasteiger partial charge is 0.407 e. The van der Waals surface area contributed by atoms with Crippen molar-refractivity contribution in [3.63, 3.8) is 0 Å². The molecule has 0 spiro atoms. The molecule has 5 fully saturated rings. The number of carbonyl (C=O) groups is 3. The lowest BCUT2D eigenvalue weighted by atomic mass is 9.82. The number of carbonyl (C=O) groups excluding carboxylic acids is 3. The van der Waals surface area contributed by atoms with Gasteiger partial charge in [0.1, 0.15) is 17.7 Å². The number of fused-ring (bicyclic) bond motifs is 3. The number of H-pyrrole nitrogens is 2. The number of rotatable bonds is 10. The van der Waals surface area contributed by atoms with Crippen LogP contribution in [0.15, 0.2) is 60.8 Å². The molecule has 3 saturated heterocycles. The zero-order chi connectivity index (χ0) is 43.2. The fourth-order valence-corrected chi connectivity index (χ4v) is 12.1. The normalized spacial score (nSPS) is 24.3. The van der Waals surface area contributed by atoms with Crippen LogP contribution in [-0.2, 0) is 14.3 Å². The third-order valence-electron chi connectivity index (χ3n) is 15.4. The van der Waals surface area contributed by atoms with E-state index >= 15 is 0 Å². The summed E-state index contributed by atoms with van der Waals surface area (Å²) in [5, 5.41) is 5.08. The van der Waals surface area contributed by atoms with Gasteiger partial charge in [0.15, 0.2) is 0 Å². The van der Waals surface area contributed by atoms with Crippen LogP contribution < -0.4 is 5.32 Å². The summed E-state index contributed by atoms with van der Waals surface area (Å²) in [7, 11) is 1.33. The maximum Gasteiger partial charge on any atom is 0.407 e. The van der Waals surface area contributed by atoms with E-state index in [-0.39, 0.29) is 36.0 Å². The van der Waals surface area contributed by atoms with Crippen LogP contribution in [-0.4, -0.2) is 97.4 Å². The Kier molecular flexibility index (Phi) is 11.8. The number of aromatic nitrogens is 4. The van der Waals surface area contributed by atoms with E-state index in [0.717, 1.165) is 114 Å². The number of methoxy groups -OCH3 is 1. The number of imidazole rings is 2. The van der Waals surface area contributed by atoms with Crippen molar-refractivity contribution in [2.45, 2.75) is 134 Å². The molecule has 3 aliphatic heterocycles. The van der Waals surface area contributed by atoms with Crippen LogP contribution in [0.2, 0.25) is 0 Å². The second kappa shape index (κ2) is 17.7. The first-order valence-electron chi connectivity index (χ1n) is 24.0. The van der Waals surface area contributed by atoms with E-state index in [1.165, 1.54) is 58.5 Å². The van der Waals surface area contributed by atoms with Crippen molar-refractivity contribution in [3.8, 4) is 22.4 Å². The highest BCUT2D eigenvalue weighted by atomic mass is 16.5. The average Bonchev–Trinajstić information content (AvgIpc) is 4.17. The molecule has 12 heteroatoms. The number of amides is 3. The van der Waals surface area contributed by atoms with Crippen molar-refractivity contribution >= 4 is 39.7 Å². The molecule has 6 atom stereocenters. The van der Waals surface area contributed by atoms with Gasteiger partial charge < -0.3 is 29.8 Å². The Balaban J connectivity index is 0.865. The number of hydrogen-bond donors (Lipinski definition) is 3. The van der Waals surface area contributed by atoms with Gasteiger partial charge in [0, 0.05) is 18.2 Å². The molecule has 10 rings (SSSR count). The molecular weight excluding hydrogens is 789 g/mol. The van der Waals surface area contributed by atoms with Gasteiger partial charge in [-0.05, 0) is 135 Å². The molecule has 2 aliphatic carbocycles. The molecule has 3 aromatic carbocycles. The van der Waals surface area contributed by atoms with E-state index in [9.17, 15) is 14.4 Å². The molecule has 0 radical (unpaired) electrons. The monoisotopic (exact) mass is 853 g/mol. The van der Waals surface area contributed by atoms with Gasteiger partial charge in [0.05, 0.1) is 48.2 Å². The molecule has 2 aromatic heterocycles. The largest absolute Gasteiger partial charge is 0.453 e. The molecule has 2 saturated carbocycles. The molecule has 3 amide bonds. The number of alkyl carbamates (subject to hydrolysis) is 1. The van der Waals surface area contributed by atoms with Gasteiger partial charge in [0.25, 0.3) is 0 Å². The Morgan fingerprint density at radius 1 is 0.730 bits per heavy atom. The minimum absolute atomic E-state index is 0.0108. The molecular formula is C51H64N8O4. The highest BCUT2D eigenvalue weighted by molar-refractivity contribution is 5.92. The lowest BCUT2D eigenvalue weighted by Crippen LogP contribution is -2.53. The quantitative estimate of drug-likeness (QED) is 0.127. The fourth-order valence-electron chi connectivity index (χ4n) is 12.1. The maximum absolute atomic E-state index is 14.5. The Labute approximate surface area is 370 Å². The molecule has 5 heterocycles. The Morgan fingerprint density at radius 3 is 2.22 bits per heavy atom. The summed E-state index contributed by atoms with van der Waals surface area (Å²) in [6, 6.07) is 18.8. The molecule has 6 unspecified atom stereocenters. The number of likely N-dealkylation sites (tertiary alicyclic amines) is 3. The second-order valence-corrected chi connectivity index (χ2v) is 19.6. The van der Waals surface area contributed by atoms with Crippen molar-refractivity contribution in [1.82, 2.24) is 40.0 Å². The van der Waals surface area contributed by atoms with Crippen LogP contribution >= 0.6 is 0 Å². The zero-order valence-corrected chi connectivity index (χ0v) is 37.3. The first-order valence-corrected chi connectivity index (χ1v) is 24.0. The predicted molar refractivity (Wildman–Crippen MR) is 246 cm³/mol. The molecule has 5 aromatic rings. The number of nitrogens with one attached hydrogen (secondary N) is 3. The zero-order valence-electron chi connectivity index (χ0n) is 37.3. The number of hydrogen-bond acceptors (Lipinski definition) is 7. The molecule has 5 aliphatic rings. The first-order chi connectivity index (χ1) is 30.7. The van der Waals surface area contributed by atoms with Crippen LogP contribution in [0.3, 0.4) is 0 Å². The van der Waals surface area contributed by atoms with Gasteiger partial charge in [0.2, 0.25) is 11.8 Å². The predicted octanol–water partition coefficient (Wildman–Crippen LogP) is 9.69. The summed E-state index contributed by atoms with van der Waals surface area (Å²) in [4.78, 5) is 65.1. The molecule has 12 nitrogen and oxygen atoms in total. The maximum atomic E-state index is 14.5. The van der Waals surface area contributed by atoms with Gasteiger partial charge in [-0.3, -0.25) is 14.5 Å². The van der Waals surface area contributed by atoms with Crippen LogP contribution in [0.5, 0.6) is 0 Å². The number of benzene rings is 3. The van der Waals surface area contributed by atoms with Crippen molar-refractivity contribution < 1.29 is 19.1 Å². The topological polar surface area (TPSA) is 140 Å². The molecule has 63 heavy (non-hydrogen) atoms. The van der Waals surface area contributed by atoms with Crippen molar-refractivity contribution in [2.24, 2.45) is 17.8 Å². The van der Waals surface area contributed by atoms with Gasteiger partial charge >= 0.3 is 6.09 Å². The van der Waals surface area contributed by atoms with Crippen LogP contribution in [0.1, 0.15) is 127 Å². The lowest BCUT2D eigenvalue weighted by Gasteiger charge is -2.39. The third-order valence-corrected chi connectivity index (χ3v) is 15.4. The van der Waals surface area contributed by atoms with E-state index in [1.54, 1.807) is 0 Å². The third kappa shape index (κ3) is 8.13. The van der Waals surface area contributed by atoms with Gasteiger partial charge in [-0.2, -0.15) is 0 Å². The minimum Gasteiger partial charge on any atom is -0.453 e. The number of aromatic amines is 2. The van der Waals surface area contributed by atoms with Crippen molar-refractivity contribution in [1.29, 1.82) is 0 Å². The summed E-state index contributed by atoms with van der Waals surface area (Å²) in [5.41, 5.74) is 6.12. The van der Waals surface area contributed by atoms with Gasteiger partial charge in [-0.25, -0.2) is 14.8 Å². The molecule has 332 valence electrons. The van der Waals surface area contributed by atoms with E-state index in [4.69, 9.17) is 14.7 Å².